The van der Waals surface area contributed by atoms with E-state index in [2.05, 4.69) is 34.4 Å². The van der Waals surface area contributed by atoms with Gasteiger partial charge in [0.25, 0.3) is 0 Å². The van der Waals surface area contributed by atoms with E-state index in [9.17, 15) is 4.79 Å². The molecule has 1 aromatic heterocycles. The molecule has 5 heteroatoms. The molecule has 0 saturated heterocycles. The van der Waals surface area contributed by atoms with Crippen molar-refractivity contribution >= 4 is 23.1 Å². The summed E-state index contributed by atoms with van der Waals surface area (Å²) in [6, 6.07) is 8.06. The molecule has 4 rings (SSSR count). The van der Waals surface area contributed by atoms with Gasteiger partial charge in [0.2, 0.25) is 5.91 Å². The first-order valence-electron chi connectivity index (χ1n) is 6.94. The van der Waals surface area contributed by atoms with Gasteiger partial charge in [-0.3, -0.25) is 9.48 Å². The third kappa shape index (κ3) is 1.32. The lowest BCUT2D eigenvalue weighted by Gasteiger charge is -2.31. The minimum atomic E-state index is -0.153. The van der Waals surface area contributed by atoms with Crippen LogP contribution in [0.15, 0.2) is 24.3 Å². The maximum Gasteiger partial charge on any atom is 0.248 e. The molecule has 0 fully saturated rings. The smallest absolute Gasteiger partial charge is 0.248 e. The van der Waals surface area contributed by atoms with Gasteiger partial charge in [-0.15, -0.1) is 0 Å². The third-order valence-electron chi connectivity index (χ3n) is 4.18. The highest BCUT2D eigenvalue weighted by atomic mass is 16.2. The predicted octanol–water partition coefficient (Wildman–Crippen LogP) is 2.00. The SMILES string of the molecule is CCc1nn(C)c2c1NC(=O)C1Cc3ccccc3N21. The standard InChI is InChI=1S/C15H16N4O/c1-3-10-13-15(18(2)17-10)19-11-7-5-4-6-9(11)8-12(19)14(20)16-13/h4-7,12H,3,8H2,1-2H3,(H,16,20). The number of benzene rings is 1. The second-order valence-corrected chi connectivity index (χ2v) is 5.33. The van der Waals surface area contributed by atoms with Gasteiger partial charge in [0, 0.05) is 19.2 Å². The van der Waals surface area contributed by atoms with Crippen LogP contribution in [0, 0.1) is 0 Å². The first-order valence-corrected chi connectivity index (χ1v) is 6.94. The molecule has 1 aromatic carbocycles. The molecule has 102 valence electrons. The molecule has 0 saturated carbocycles. The number of aryl methyl sites for hydroxylation is 2. The first-order chi connectivity index (χ1) is 9.70. The monoisotopic (exact) mass is 268 g/mol. The lowest BCUT2D eigenvalue weighted by molar-refractivity contribution is -0.117. The van der Waals surface area contributed by atoms with Crippen LogP contribution in [0.3, 0.4) is 0 Å². The van der Waals surface area contributed by atoms with Gasteiger partial charge in [-0.05, 0) is 18.1 Å². The summed E-state index contributed by atoms with van der Waals surface area (Å²) in [5.74, 6) is 1.06. The molecule has 2 aliphatic rings. The number of para-hydroxylation sites is 1. The fourth-order valence-corrected chi connectivity index (χ4v) is 3.29. The minimum Gasteiger partial charge on any atom is -0.320 e. The lowest BCUT2D eigenvalue weighted by Crippen LogP contribution is -2.44. The van der Waals surface area contributed by atoms with E-state index in [1.165, 1.54) is 5.56 Å². The molecule has 3 heterocycles. The Morgan fingerprint density at radius 3 is 3.00 bits per heavy atom. The summed E-state index contributed by atoms with van der Waals surface area (Å²) in [4.78, 5) is 14.5. The summed E-state index contributed by atoms with van der Waals surface area (Å²) in [7, 11) is 1.94. The Kier molecular flexibility index (Phi) is 2.22. The number of fused-ring (bicyclic) bond motifs is 5. The van der Waals surface area contributed by atoms with Crippen LogP contribution in [0.1, 0.15) is 18.2 Å². The van der Waals surface area contributed by atoms with E-state index in [1.54, 1.807) is 0 Å². The number of nitrogens with one attached hydrogen (secondary N) is 1. The quantitative estimate of drug-likeness (QED) is 0.860. The Labute approximate surface area is 117 Å². The number of hydrogen-bond donors (Lipinski definition) is 1. The van der Waals surface area contributed by atoms with Crippen LogP contribution < -0.4 is 10.2 Å². The Balaban J connectivity index is 1.97. The van der Waals surface area contributed by atoms with Crippen molar-refractivity contribution in [1.29, 1.82) is 0 Å². The number of anilines is 3. The molecule has 0 radical (unpaired) electrons. The highest BCUT2D eigenvalue weighted by Crippen LogP contribution is 2.45. The zero-order valence-corrected chi connectivity index (χ0v) is 11.6. The topological polar surface area (TPSA) is 50.2 Å². The van der Waals surface area contributed by atoms with Crippen molar-refractivity contribution in [3.63, 3.8) is 0 Å². The average molecular weight is 268 g/mol. The van der Waals surface area contributed by atoms with Crippen LogP contribution >= 0.6 is 0 Å². The van der Waals surface area contributed by atoms with Crippen molar-refractivity contribution in [3.05, 3.63) is 35.5 Å². The van der Waals surface area contributed by atoms with Crippen molar-refractivity contribution in [2.75, 3.05) is 10.2 Å². The van der Waals surface area contributed by atoms with Crippen molar-refractivity contribution in [2.24, 2.45) is 7.05 Å². The minimum absolute atomic E-state index is 0.0661. The van der Waals surface area contributed by atoms with Crippen LogP contribution in [-0.4, -0.2) is 21.7 Å². The van der Waals surface area contributed by atoms with E-state index in [1.807, 2.05) is 23.9 Å². The molecule has 20 heavy (non-hydrogen) atoms. The van der Waals surface area contributed by atoms with Gasteiger partial charge >= 0.3 is 0 Å². The second-order valence-electron chi connectivity index (χ2n) is 5.33. The molecular weight excluding hydrogens is 252 g/mol. The summed E-state index contributed by atoms with van der Waals surface area (Å²) < 4.78 is 1.88. The molecule has 0 aliphatic carbocycles. The maximum atomic E-state index is 12.4. The Morgan fingerprint density at radius 1 is 1.40 bits per heavy atom. The molecule has 2 aromatic rings. The molecule has 0 bridgehead atoms. The predicted molar refractivity (Wildman–Crippen MR) is 77.3 cm³/mol. The molecule has 5 nitrogen and oxygen atoms in total. The highest BCUT2D eigenvalue weighted by molar-refractivity contribution is 6.07. The molecule has 1 atom stereocenters. The molecular formula is C15H16N4O. The van der Waals surface area contributed by atoms with E-state index < -0.39 is 0 Å². The van der Waals surface area contributed by atoms with Crippen LogP contribution in [0.25, 0.3) is 0 Å². The molecule has 1 amide bonds. The lowest BCUT2D eigenvalue weighted by atomic mass is 10.1. The summed E-state index contributed by atoms with van der Waals surface area (Å²) >= 11 is 0. The fraction of sp³-hybridized carbons (Fsp3) is 0.333. The van der Waals surface area contributed by atoms with E-state index in [0.717, 1.165) is 35.7 Å². The van der Waals surface area contributed by atoms with Crippen LogP contribution in [0.2, 0.25) is 0 Å². The number of carbonyl (C=O) groups excluding carboxylic acids is 1. The fourth-order valence-electron chi connectivity index (χ4n) is 3.29. The van der Waals surface area contributed by atoms with Gasteiger partial charge in [0.15, 0.2) is 5.82 Å². The van der Waals surface area contributed by atoms with Crippen LogP contribution in [0.5, 0.6) is 0 Å². The normalized spacial score (nSPS) is 19.4. The van der Waals surface area contributed by atoms with Crippen LogP contribution in [-0.2, 0) is 24.7 Å². The average Bonchev–Trinajstić information content (AvgIpc) is 2.97. The Bertz CT molecular complexity index is 719. The van der Waals surface area contributed by atoms with E-state index in [0.29, 0.717) is 0 Å². The van der Waals surface area contributed by atoms with Crippen molar-refractivity contribution < 1.29 is 4.79 Å². The summed E-state index contributed by atoms with van der Waals surface area (Å²) in [6.07, 6.45) is 1.57. The highest BCUT2D eigenvalue weighted by Gasteiger charge is 2.42. The molecule has 0 spiro atoms. The van der Waals surface area contributed by atoms with E-state index in [-0.39, 0.29) is 11.9 Å². The van der Waals surface area contributed by atoms with Crippen molar-refractivity contribution in [3.8, 4) is 0 Å². The number of amides is 1. The number of carbonyl (C=O) groups is 1. The number of hydrogen-bond acceptors (Lipinski definition) is 3. The number of aromatic nitrogens is 2. The number of rotatable bonds is 1. The largest absolute Gasteiger partial charge is 0.320 e. The summed E-state index contributed by atoms with van der Waals surface area (Å²) in [5.41, 5.74) is 4.16. The van der Waals surface area contributed by atoms with Gasteiger partial charge in [-0.1, -0.05) is 25.1 Å². The Morgan fingerprint density at radius 2 is 2.20 bits per heavy atom. The Hall–Kier alpha value is -2.30. The van der Waals surface area contributed by atoms with Gasteiger partial charge in [-0.2, -0.15) is 5.10 Å². The van der Waals surface area contributed by atoms with Gasteiger partial charge in [0.05, 0.1) is 5.69 Å². The van der Waals surface area contributed by atoms with Crippen molar-refractivity contribution in [2.45, 2.75) is 25.8 Å². The summed E-state index contributed by atoms with van der Waals surface area (Å²) in [6.45, 7) is 2.05. The molecule has 1 unspecified atom stereocenters. The van der Waals surface area contributed by atoms with Crippen LogP contribution in [0.4, 0.5) is 17.2 Å². The summed E-state index contributed by atoms with van der Waals surface area (Å²) in [5, 5.41) is 7.58. The zero-order valence-electron chi connectivity index (χ0n) is 11.6. The van der Waals surface area contributed by atoms with E-state index >= 15 is 0 Å². The second kappa shape index (κ2) is 3.85. The van der Waals surface area contributed by atoms with E-state index in [4.69, 9.17) is 0 Å². The van der Waals surface area contributed by atoms with Gasteiger partial charge in [-0.25, -0.2) is 0 Å². The maximum absolute atomic E-state index is 12.4. The zero-order chi connectivity index (χ0) is 13.9. The first kappa shape index (κ1) is 11.5. The molecule has 2 aliphatic heterocycles. The molecule has 1 N–H and O–H groups in total. The third-order valence-corrected chi connectivity index (χ3v) is 4.18. The van der Waals surface area contributed by atoms with Gasteiger partial charge in [0.1, 0.15) is 11.7 Å². The van der Waals surface area contributed by atoms with Crippen molar-refractivity contribution in [1.82, 2.24) is 9.78 Å². The van der Waals surface area contributed by atoms with Gasteiger partial charge < -0.3 is 10.2 Å². The number of nitrogens with zero attached hydrogens (tertiary/aromatic N) is 3.